The summed E-state index contributed by atoms with van der Waals surface area (Å²) in [5, 5.41) is 20.1. The van der Waals surface area contributed by atoms with E-state index in [0.29, 0.717) is 62.1 Å². The number of aromatic hydroxyl groups is 1. The van der Waals surface area contributed by atoms with Crippen molar-refractivity contribution < 1.29 is 52.1 Å². The maximum atomic E-state index is 14.0. The molecule has 8 N–H and O–H groups in total. The number of fused-ring (bicyclic) bond motifs is 2. The summed E-state index contributed by atoms with van der Waals surface area (Å²) >= 11 is 0. The van der Waals surface area contributed by atoms with Gasteiger partial charge in [0.1, 0.15) is 35.3 Å². The van der Waals surface area contributed by atoms with E-state index >= 15 is 0 Å². The van der Waals surface area contributed by atoms with Crippen LogP contribution in [0, 0.1) is 59.0 Å². The summed E-state index contributed by atoms with van der Waals surface area (Å²) < 4.78 is 44.0. The van der Waals surface area contributed by atoms with Gasteiger partial charge in [0.05, 0.1) is 12.1 Å². The lowest BCUT2D eigenvalue weighted by Crippen LogP contribution is -2.57. The van der Waals surface area contributed by atoms with Crippen molar-refractivity contribution in [2.24, 2.45) is 58.8 Å². The molecule has 0 bridgehead atoms. The average molecular weight is 1340 g/mol. The Bertz CT molecular complexity index is 2420. The SMILES string of the molecule is C1CCOC1.CC(C)C=O.CC(C)CN1C[C@H](C)CCN2C(=O)c3c(O)c(=O)c(C(=O)CCc4ccc(F)cc4F)cn3CC12.CNCC[C@@H](C)CCC(=O)OC(C)(C)C.CNCC[C@@H](C)CCCC(C)C.CNCC[C@@H](C)CN.C[C@H](CCN)CCC(=O)OC(C)(C)C. The van der Waals surface area contributed by atoms with Gasteiger partial charge in [-0.05, 0) is 213 Å². The van der Waals surface area contributed by atoms with Gasteiger partial charge in [-0.15, -0.1) is 0 Å². The third-order valence-corrected chi connectivity index (χ3v) is 15.6. The lowest BCUT2D eigenvalue weighted by molar-refractivity contribution is -0.156. The third-order valence-electron chi connectivity index (χ3n) is 15.6. The van der Waals surface area contributed by atoms with Gasteiger partial charge in [-0.3, -0.25) is 28.9 Å². The topological polar surface area (TPSA) is 250 Å². The largest absolute Gasteiger partial charge is 0.503 e. The van der Waals surface area contributed by atoms with Crippen molar-refractivity contribution in [2.75, 3.05) is 86.7 Å². The van der Waals surface area contributed by atoms with E-state index in [1.807, 2.05) is 76.5 Å². The second-order valence-electron chi connectivity index (χ2n) is 29.3. The van der Waals surface area contributed by atoms with Crippen LogP contribution in [-0.4, -0.2) is 153 Å². The van der Waals surface area contributed by atoms with Crippen LogP contribution < -0.4 is 32.8 Å². The van der Waals surface area contributed by atoms with E-state index in [2.05, 4.69) is 83.2 Å². The number of ether oxygens (including phenoxy) is 3. The number of nitrogens with zero attached hydrogens (tertiary/aromatic N) is 3. The normalized spacial score (nSPS) is 16.5. The molecular weight excluding hydrogens is 1200 g/mol. The number of aldehydes is 1. The molecule has 1 aromatic heterocycles. The Kier molecular flexibility index (Phi) is 50.1. The van der Waals surface area contributed by atoms with E-state index in [0.717, 1.165) is 108 Å². The summed E-state index contributed by atoms with van der Waals surface area (Å²) in [6, 6.07) is 3.11. The van der Waals surface area contributed by atoms with Crippen LogP contribution >= 0.6 is 0 Å². The zero-order valence-corrected chi connectivity index (χ0v) is 62.5. The quantitative estimate of drug-likeness (QED) is 0.0252. The molecule has 2 fully saturated rings. The number of carbonyl (C=O) groups excluding carboxylic acids is 5. The zero-order valence-electron chi connectivity index (χ0n) is 62.5. The molecule has 94 heavy (non-hydrogen) atoms. The van der Waals surface area contributed by atoms with Crippen molar-refractivity contribution in [3.05, 3.63) is 63.1 Å². The van der Waals surface area contributed by atoms with Crippen molar-refractivity contribution in [3.8, 4) is 5.75 Å². The molecule has 546 valence electrons. The number of hydrogen-bond donors (Lipinski definition) is 6. The van der Waals surface area contributed by atoms with Crippen LogP contribution in [0.15, 0.2) is 29.2 Å². The molecule has 5 rings (SSSR count). The van der Waals surface area contributed by atoms with Crippen molar-refractivity contribution in [1.82, 2.24) is 30.3 Å². The van der Waals surface area contributed by atoms with Gasteiger partial charge >= 0.3 is 11.9 Å². The Morgan fingerprint density at radius 2 is 1.21 bits per heavy atom. The highest BCUT2D eigenvalue weighted by Crippen LogP contribution is 2.30. The molecule has 0 radical (unpaired) electrons. The number of aryl methyl sites for hydroxylation is 1. The summed E-state index contributed by atoms with van der Waals surface area (Å²) in [6.07, 6.45) is 16.8. The highest BCUT2D eigenvalue weighted by Gasteiger charge is 2.41. The maximum absolute atomic E-state index is 14.0. The molecule has 20 heteroatoms. The van der Waals surface area contributed by atoms with Crippen molar-refractivity contribution >= 4 is 29.9 Å². The number of ketones is 1. The van der Waals surface area contributed by atoms with Crippen molar-refractivity contribution in [1.29, 1.82) is 0 Å². The molecule has 2 aromatic rings. The number of rotatable bonds is 29. The fourth-order valence-corrected chi connectivity index (χ4v) is 9.98. The fourth-order valence-electron chi connectivity index (χ4n) is 9.98. The van der Waals surface area contributed by atoms with Gasteiger partial charge in [0.2, 0.25) is 5.43 Å². The van der Waals surface area contributed by atoms with Crippen molar-refractivity contribution in [3.63, 3.8) is 0 Å². The number of nitrogens with two attached hydrogens (primary N) is 2. The number of halogens is 2. The van der Waals surface area contributed by atoms with Gasteiger partial charge in [-0.1, -0.05) is 101 Å². The Balaban J connectivity index is 0. The molecule has 18 nitrogen and oxygen atoms in total. The van der Waals surface area contributed by atoms with E-state index < -0.39 is 34.5 Å². The second-order valence-corrected chi connectivity index (χ2v) is 29.3. The molecule has 6 atom stereocenters. The van der Waals surface area contributed by atoms with E-state index in [-0.39, 0.29) is 64.9 Å². The van der Waals surface area contributed by atoms with Crippen molar-refractivity contribution in [2.45, 2.75) is 244 Å². The van der Waals surface area contributed by atoms with E-state index in [1.165, 1.54) is 68.3 Å². The van der Waals surface area contributed by atoms with Gasteiger partial charge < -0.3 is 61.0 Å². The number of Topliss-reactive ketones (excluding diaryl/α,β-unsaturated/α-hetero) is 1. The molecule has 3 aliphatic heterocycles. The lowest BCUT2D eigenvalue weighted by Gasteiger charge is -2.42. The molecule has 2 saturated heterocycles. The average Bonchev–Trinajstić information content (AvgIpc) is 1.17. The second kappa shape index (κ2) is 51.5. The van der Waals surface area contributed by atoms with Crippen LogP contribution in [0.25, 0.3) is 0 Å². The molecule has 1 amide bonds. The first-order valence-corrected chi connectivity index (χ1v) is 35.3. The number of carbonyl (C=O) groups is 5. The van der Waals surface area contributed by atoms with Crippen LogP contribution in [0.3, 0.4) is 0 Å². The van der Waals surface area contributed by atoms with Crippen LogP contribution in [0.4, 0.5) is 8.78 Å². The lowest BCUT2D eigenvalue weighted by atomic mass is 9.97. The standard InChI is InChI=1S/C26H31F2N3O4.C12H25NO2.C11H23NO2.C11H25N.C6H16N2.2C4H8O/c1-15(2)11-29-12-16(3)8-9-31-22(29)14-30-13-19(24(33)25(34)23(30)26(31)35)21(32)7-5-17-4-6-18(27)10-20(17)28;1-10(8-9-13-5)6-7-11(14)15-12(2,3)4;1-9(7-8-12)5-6-10(13)14-11(2,3)4;1-10(2)6-5-7-11(3)8-9-12-4;1-6(5-7)3-4-8-2;1-2-4-5-3-1;1-4(2)3-5/h4,6,10,13,15-16,22,34H,5,7-9,11-12,14H2,1-3H3;10,13H,6-9H2,1-5H3;9H,5-8,12H2,1-4H3;10-12H,5-9H2,1-4H3;6,8H,3-5,7H2,1-2H3;1-4H2;3-4H,1-2H3/t16-,22?;10-;9-;11-;6-;;/m10001../s1. The molecule has 1 unspecified atom stereocenters. The van der Waals surface area contributed by atoms with Crippen LogP contribution in [0.5, 0.6) is 5.75 Å². The predicted molar refractivity (Wildman–Crippen MR) is 381 cm³/mol. The van der Waals surface area contributed by atoms with Gasteiger partial charge in [0, 0.05) is 70.3 Å². The highest BCUT2D eigenvalue weighted by atomic mass is 19.1. The van der Waals surface area contributed by atoms with Gasteiger partial charge in [-0.2, -0.15) is 0 Å². The Morgan fingerprint density at radius 1 is 0.713 bits per heavy atom. The molecule has 4 heterocycles. The van der Waals surface area contributed by atoms with E-state index in [9.17, 15) is 42.7 Å². The third kappa shape index (κ3) is 44.9. The Morgan fingerprint density at radius 3 is 1.64 bits per heavy atom. The fraction of sp³-hybridized carbons (Fsp3) is 0.784. The Labute approximate surface area is 568 Å². The van der Waals surface area contributed by atoms with Crippen LogP contribution in [-0.2, 0) is 41.6 Å². The minimum atomic E-state index is -0.908. The van der Waals surface area contributed by atoms with E-state index in [4.69, 9.17) is 25.7 Å². The number of esters is 2. The predicted octanol–water partition coefficient (Wildman–Crippen LogP) is 12.8. The first kappa shape index (κ1) is 91.4. The molecular formula is C74H136F2N8O10. The molecule has 0 aliphatic carbocycles. The first-order chi connectivity index (χ1) is 44.0. The number of nitrogens with one attached hydrogen (secondary N) is 3. The van der Waals surface area contributed by atoms with Gasteiger partial charge in [-0.25, -0.2) is 8.78 Å². The maximum Gasteiger partial charge on any atom is 0.306 e. The number of benzene rings is 1. The number of aromatic nitrogens is 1. The van der Waals surface area contributed by atoms with E-state index in [1.54, 1.807) is 4.90 Å². The molecule has 0 saturated carbocycles. The van der Waals surface area contributed by atoms with Crippen LogP contribution in [0.2, 0.25) is 0 Å². The number of amides is 1. The van der Waals surface area contributed by atoms with Gasteiger partial charge in [0.15, 0.2) is 17.2 Å². The molecule has 0 spiro atoms. The summed E-state index contributed by atoms with van der Waals surface area (Å²) in [4.78, 5) is 75.3. The zero-order chi connectivity index (χ0) is 72.1. The monoisotopic (exact) mass is 1340 g/mol. The first-order valence-electron chi connectivity index (χ1n) is 35.3. The smallest absolute Gasteiger partial charge is 0.306 e. The summed E-state index contributed by atoms with van der Waals surface area (Å²) in [7, 11) is 5.94. The number of hydrogen-bond acceptors (Lipinski definition) is 16. The molecule has 3 aliphatic rings. The van der Waals surface area contributed by atoms with Crippen LogP contribution in [0.1, 0.15) is 240 Å². The highest BCUT2D eigenvalue weighted by molar-refractivity contribution is 6.00. The minimum absolute atomic E-state index is 0.0255. The minimum Gasteiger partial charge on any atom is -0.503 e. The van der Waals surface area contributed by atoms with Gasteiger partial charge in [0.25, 0.3) is 5.91 Å². The summed E-state index contributed by atoms with van der Waals surface area (Å²) in [5.41, 5.74) is 8.99. The Hall–Kier alpha value is -4.70. The molecule has 1 aromatic carbocycles. The summed E-state index contributed by atoms with van der Waals surface area (Å²) in [5.74, 6) is 1.08. The summed E-state index contributed by atoms with van der Waals surface area (Å²) in [6.45, 7) is 44.0. The number of pyridine rings is 1.